The van der Waals surface area contributed by atoms with E-state index in [1.54, 1.807) is 0 Å². The Labute approximate surface area is 168 Å². The number of hydrogen-bond donors (Lipinski definition) is 2. The van der Waals surface area contributed by atoms with Crippen LogP contribution in [0.3, 0.4) is 0 Å². The highest BCUT2D eigenvalue weighted by Gasteiger charge is 2.00. The van der Waals surface area contributed by atoms with Gasteiger partial charge in [-0.05, 0) is 44.2 Å². The lowest BCUT2D eigenvalue weighted by Gasteiger charge is -2.11. The zero-order valence-electron chi connectivity index (χ0n) is 15.3. The van der Waals surface area contributed by atoms with Crippen LogP contribution in [0.2, 0.25) is 0 Å². The molecule has 6 heteroatoms. The minimum Gasteiger partial charge on any atom is -0.382 e. The molecule has 0 saturated heterocycles. The molecule has 25 heavy (non-hydrogen) atoms. The van der Waals surface area contributed by atoms with Crippen LogP contribution in [-0.4, -0.2) is 43.4 Å². The van der Waals surface area contributed by atoms with E-state index >= 15 is 0 Å². The van der Waals surface area contributed by atoms with Crippen molar-refractivity contribution < 1.29 is 4.74 Å². The molecule has 0 aliphatic rings. The molecule has 2 N–H and O–H groups in total. The number of nitrogens with one attached hydrogen (secondary N) is 2. The molecule has 0 saturated carbocycles. The largest absolute Gasteiger partial charge is 0.382 e. The van der Waals surface area contributed by atoms with Crippen molar-refractivity contribution in [1.82, 2.24) is 15.2 Å². The molecule has 0 amide bonds. The number of nitrogens with zero attached hydrogens (tertiary/aromatic N) is 2. The average molecular weight is 458 g/mol. The van der Waals surface area contributed by atoms with Gasteiger partial charge >= 0.3 is 0 Å². The number of ether oxygens (including phenoxy) is 1. The molecule has 0 unspecified atom stereocenters. The number of fused-ring (bicyclic) bond motifs is 1. The number of aliphatic imine (C=N–C) groups is 1. The van der Waals surface area contributed by atoms with E-state index in [1.807, 2.05) is 6.92 Å². The molecule has 5 nitrogen and oxygen atoms in total. The Morgan fingerprint density at radius 2 is 1.96 bits per heavy atom. The van der Waals surface area contributed by atoms with E-state index in [0.717, 1.165) is 58.2 Å². The van der Waals surface area contributed by atoms with E-state index in [2.05, 4.69) is 63.6 Å². The van der Waals surface area contributed by atoms with Crippen LogP contribution in [0.1, 0.15) is 26.7 Å². The minimum absolute atomic E-state index is 0. The predicted octanol–water partition coefficient (Wildman–Crippen LogP) is 3.63. The molecule has 0 radical (unpaired) electrons. The highest BCUT2D eigenvalue weighted by molar-refractivity contribution is 14.0. The minimum atomic E-state index is 0. The van der Waals surface area contributed by atoms with Gasteiger partial charge in [0.25, 0.3) is 0 Å². The van der Waals surface area contributed by atoms with Gasteiger partial charge in [0.15, 0.2) is 5.96 Å². The smallest absolute Gasteiger partial charge is 0.191 e. The fourth-order valence-electron chi connectivity index (χ4n) is 2.63. The molecular formula is C19H31IN4O. The van der Waals surface area contributed by atoms with Crippen molar-refractivity contribution in [1.29, 1.82) is 0 Å². The van der Waals surface area contributed by atoms with Crippen molar-refractivity contribution in [2.45, 2.75) is 33.2 Å². The fourth-order valence-corrected chi connectivity index (χ4v) is 2.63. The van der Waals surface area contributed by atoms with Crippen molar-refractivity contribution >= 4 is 40.8 Å². The lowest BCUT2D eigenvalue weighted by atomic mass is 10.2. The Morgan fingerprint density at radius 1 is 1.12 bits per heavy atom. The molecule has 0 spiro atoms. The van der Waals surface area contributed by atoms with Gasteiger partial charge in [-0.3, -0.25) is 4.99 Å². The Balaban J connectivity index is 0.00000312. The summed E-state index contributed by atoms with van der Waals surface area (Å²) >= 11 is 0. The lowest BCUT2D eigenvalue weighted by molar-refractivity contribution is 0.145. The van der Waals surface area contributed by atoms with Gasteiger partial charge in [0, 0.05) is 51.1 Å². The molecule has 0 atom stereocenters. The Kier molecular flexibility index (Phi) is 11.3. The summed E-state index contributed by atoms with van der Waals surface area (Å²) < 4.78 is 7.65. The van der Waals surface area contributed by atoms with E-state index in [1.165, 1.54) is 10.9 Å². The zero-order chi connectivity index (χ0) is 17.0. The van der Waals surface area contributed by atoms with E-state index in [9.17, 15) is 0 Å². The van der Waals surface area contributed by atoms with E-state index in [0.29, 0.717) is 0 Å². The SMILES string of the molecule is CCNC(=NCCCn1ccc2ccccc21)NCCCOCC.I. The first kappa shape index (κ1) is 21.8. The third-order valence-corrected chi connectivity index (χ3v) is 3.81. The van der Waals surface area contributed by atoms with Crippen LogP contribution in [0.15, 0.2) is 41.5 Å². The number of aryl methyl sites for hydroxylation is 1. The molecule has 2 rings (SSSR count). The van der Waals surface area contributed by atoms with E-state index in [4.69, 9.17) is 4.74 Å². The molecule has 0 aliphatic heterocycles. The highest BCUT2D eigenvalue weighted by Crippen LogP contribution is 2.15. The quantitative estimate of drug-likeness (QED) is 0.248. The summed E-state index contributed by atoms with van der Waals surface area (Å²) in [5.74, 6) is 0.895. The first-order chi connectivity index (χ1) is 11.8. The number of guanidine groups is 1. The van der Waals surface area contributed by atoms with Gasteiger partial charge in [-0.2, -0.15) is 0 Å². The standard InChI is InChI=1S/C19H30N4O.HI/c1-3-20-19(22-13-8-16-24-4-2)21-12-7-14-23-15-11-17-9-5-6-10-18(17)23;/h5-6,9-11,15H,3-4,7-8,12-14,16H2,1-2H3,(H2,20,21,22);1H. The molecule has 1 aromatic carbocycles. The van der Waals surface area contributed by atoms with Gasteiger partial charge in [0.2, 0.25) is 0 Å². The zero-order valence-corrected chi connectivity index (χ0v) is 17.7. The summed E-state index contributed by atoms with van der Waals surface area (Å²) in [6.45, 7) is 9.24. The van der Waals surface area contributed by atoms with Crippen LogP contribution in [0.5, 0.6) is 0 Å². The van der Waals surface area contributed by atoms with Crippen molar-refractivity contribution in [2.24, 2.45) is 4.99 Å². The van der Waals surface area contributed by atoms with Crippen molar-refractivity contribution in [3.8, 4) is 0 Å². The second kappa shape index (κ2) is 13.0. The number of aromatic nitrogens is 1. The third kappa shape index (κ3) is 7.64. The van der Waals surface area contributed by atoms with E-state index < -0.39 is 0 Å². The molecule has 140 valence electrons. The summed E-state index contributed by atoms with van der Waals surface area (Å²) in [5, 5.41) is 7.94. The van der Waals surface area contributed by atoms with Crippen LogP contribution in [-0.2, 0) is 11.3 Å². The molecule has 2 aromatic rings. The topological polar surface area (TPSA) is 50.6 Å². The van der Waals surface area contributed by atoms with Gasteiger partial charge in [0.05, 0.1) is 0 Å². The summed E-state index contributed by atoms with van der Waals surface area (Å²) in [7, 11) is 0. The van der Waals surface area contributed by atoms with Crippen molar-refractivity contribution in [3.63, 3.8) is 0 Å². The lowest BCUT2D eigenvalue weighted by Crippen LogP contribution is -2.38. The maximum absolute atomic E-state index is 5.35. The van der Waals surface area contributed by atoms with Crippen LogP contribution in [0.25, 0.3) is 10.9 Å². The molecule has 0 fully saturated rings. The van der Waals surface area contributed by atoms with Crippen LogP contribution >= 0.6 is 24.0 Å². The predicted molar refractivity (Wildman–Crippen MR) is 117 cm³/mol. The van der Waals surface area contributed by atoms with Gasteiger partial charge in [-0.25, -0.2) is 0 Å². The third-order valence-electron chi connectivity index (χ3n) is 3.81. The van der Waals surface area contributed by atoms with E-state index in [-0.39, 0.29) is 24.0 Å². The maximum Gasteiger partial charge on any atom is 0.191 e. The average Bonchev–Trinajstić information content (AvgIpc) is 3.01. The summed E-state index contributed by atoms with van der Waals surface area (Å²) in [6, 6.07) is 10.7. The molecule has 1 aromatic heterocycles. The number of rotatable bonds is 10. The summed E-state index contributed by atoms with van der Waals surface area (Å²) in [6.07, 6.45) is 4.17. The van der Waals surface area contributed by atoms with Crippen molar-refractivity contribution in [3.05, 3.63) is 36.5 Å². The normalized spacial score (nSPS) is 11.4. The first-order valence-corrected chi connectivity index (χ1v) is 8.99. The van der Waals surface area contributed by atoms with Crippen LogP contribution in [0.4, 0.5) is 0 Å². The summed E-state index contributed by atoms with van der Waals surface area (Å²) in [4.78, 5) is 4.65. The van der Waals surface area contributed by atoms with Crippen molar-refractivity contribution in [2.75, 3.05) is 32.8 Å². The monoisotopic (exact) mass is 458 g/mol. The van der Waals surface area contributed by atoms with Crippen LogP contribution in [0, 0.1) is 0 Å². The molecule has 0 bridgehead atoms. The maximum atomic E-state index is 5.35. The Morgan fingerprint density at radius 3 is 2.76 bits per heavy atom. The van der Waals surface area contributed by atoms with Gasteiger partial charge in [-0.15, -0.1) is 24.0 Å². The van der Waals surface area contributed by atoms with Gasteiger partial charge in [-0.1, -0.05) is 18.2 Å². The van der Waals surface area contributed by atoms with Gasteiger partial charge < -0.3 is 19.9 Å². The number of benzene rings is 1. The fraction of sp³-hybridized carbons (Fsp3) is 0.526. The molecule has 1 heterocycles. The second-order valence-electron chi connectivity index (χ2n) is 5.66. The second-order valence-corrected chi connectivity index (χ2v) is 5.66. The first-order valence-electron chi connectivity index (χ1n) is 8.99. The number of para-hydroxylation sites is 1. The number of halogens is 1. The van der Waals surface area contributed by atoms with Crippen LogP contribution < -0.4 is 10.6 Å². The molecule has 0 aliphatic carbocycles. The highest BCUT2D eigenvalue weighted by atomic mass is 127. The molecular weight excluding hydrogens is 427 g/mol. The Bertz CT molecular complexity index is 627. The van der Waals surface area contributed by atoms with Gasteiger partial charge in [0.1, 0.15) is 0 Å². The summed E-state index contributed by atoms with van der Waals surface area (Å²) in [5.41, 5.74) is 1.29. The number of hydrogen-bond acceptors (Lipinski definition) is 2. The Hall–Kier alpha value is -1.28.